The van der Waals surface area contributed by atoms with E-state index in [1.807, 2.05) is 30.3 Å². The molecule has 0 aliphatic rings. The Balaban J connectivity index is 1.49. The molecule has 0 spiro atoms. The molecule has 0 aliphatic carbocycles. The number of thiazole rings is 1. The van der Waals surface area contributed by atoms with Gasteiger partial charge < -0.3 is 10.1 Å². The number of methoxy groups -OCH3 is 1. The molecule has 0 bridgehead atoms. The van der Waals surface area contributed by atoms with Crippen molar-refractivity contribution in [3.63, 3.8) is 0 Å². The Morgan fingerprint density at radius 1 is 1.00 bits per heavy atom. The van der Waals surface area contributed by atoms with Gasteiger partial charge in [0, 0.05) is 16.8 Å². The summed E-state index contributed by atoms with van der Waals surface area (Å²) in [7, 11) is 1.61. The maximum atomic E-state index is 12.6. The number of rotatable bonds is 4. The molecule has 4 rings (SSSR count). The third-order valence-corrected chi connectivity index (χ3v) is 5.53. The molecule has 0 saturated carbocycles. The summed E-state index contributed by atoms with van der Waals surface area (Å²) in [5, 5.41) is 3.52. The van der Waals surface area contributed by atoms with Crippen LogP contribution >= 0.6 is 11.3 Å². The SMILES string of the molecule is COc1ccc2nc(-c3ccc(NC(=O)c4ccc(C(F)(F)F)cc4)cc3)sc2c1. The fourth-order valence-electron chi connectivity index (χ4n) is 2.87. The zero-order valence-corrected chi connectivity index (χ0v) is 16.5. The fourth-order valence-corrected chi connectivity index (χ4v) is 3.86. The van der Waals surface area contributed by atoms with Crippen LogP contribution in [0.1, 0.15) is 15.9 Å². The van der Waals surface area contributed by atoms with Gasteiger partial charge in [0.25, 0.3) is 5.91 Å². The Morgan fingerprint density at radius 3 is 2.33 bits per heavy atom. The quantitative estimate of drug-likeness (QED) is 0.418. The van der Waals surface area contributed by atoms with E-state index in [4.69, 9.17) is 4.74 Å². The van der Waals surface area contributed by atoms with E-state index in [1.54, 1.807) is 19.2 Å². The van der Waals surface area contributed by atoms with E-state index in [2.05, 4.69) is 10.3 Å². The summed E-state index contributed by atoms with van der Waals surface area (Å²) in [5.41, 5.74) is 1.65. The monoisotopic (exact) mass is 428 g/mol. The number of anilines is 1. The maximum absolute atomic E-state index is 12.6. The zero-order valence-electron chi connectivity index (χ0n) is 15.7. The van der Waals surface area contributed by atoms with Gasteiger partial charge in [0.1, 0.15) is 10.8 Å². The molecule has 0 radical (unpaired) electrons. The summed E-state index contributed by atoms with van der Waals surface area (Å²) in [6.45, 7) is 0. The van der Waals surface area contributed by atoms with Gasteiger partial charge in [-0.1, -0.05) is 0 Å². The second kappa shape index (κ2) is 7.79. The van der Waals surface area contributed by atoms with Crippen molar-refractivity contribution in [2.75, 3.05) is 12.4 Å². The predicted molar refractivity (Wildman–Crippen MR) is 111 cm³/mol. The number of carbonyl (C=O) groups is 1. The highest BCUT2D eigenvalue weighted by atomic mass is 32.1. The Morgan fingerprint density at radius 2 is 1.70 bits per heavy atom. The Hall–Kier alpha value is -3.39. The van der Waals surface area contributed by atoms with Crippen LogP contribution in [0.25, 0.3) is 20.8 Å². The highest BCUT2D eigenvalue weighted by molar-refractivity contribution is 7.21. The smallest absolute Gasteiger partial charge is 0.416 e. The Bertz CT molecular complexity index is 1200. The summed E-state index contributed by atoms with van der Waals surface area (Å²) >= 11 is 1.53. The van der Waals surface area contributed by atoms with Crippen LogP contribution in [0.15, 0.2) is 66.7 Å². The topological polar surface area (TPSA) is 51.2 Å². The van der Waals surface area contributed by atoms with E-state index in [0.717, 1.165) is 50.8 Å². The minimum Gasteiger partial charge on any atom is -0.497 e. The molecular weight excluding hydrogens is 413 g/mol. The predicted octanol–water partition coefficient (Wildman–Crippen LogP) is 6.24. The van der Waals surface area contributed by atoms with Gasteiger partial charge in [0.05, 0.1) is 22.9 Å². The van der Waals surface area contributed by atoms with E-state index in [0.29, 0.717) is 5.69 Å². The molecule has 152 valence electrons. The molecule has 4 aromatic rings. The number of nitrogens with zero attached hydrogens (tertiary/aromatic N) is 1. The molecule has 3 aromatic carbocycles. The zero-order chi connectivity index (χ0) is 21.3. The van der Waals surface area contributed by atoms with Gasteiger partial charge >= 0.3 is 6.18 Å². The number of carbonyl (C=O) groups excluding carboxylic acids is 1. The number of benzene rings is 3. The van der Waals surface area contributed by atoms with Crippen molar-refractivity contribution in [1.29, 1.82) is 0 Å². The number of amides is 1. The normalized spacial score (nSPS) is 11.5. The van der Waals surface area contributed by atoms with Crippen molar-refractivity contribution >= 4 is 33.1 Å². The van der Waals surface area contributed by atoms with Crippen LogP contribution in [0.3, 0.4) is 0 Å². The molecule has 0 saturated heterocycles. The van der Waals surface area contributed by atoms with Gasteiger partial charge in [-0.2, -0.15) is 13.2 Å². The number of nitrogens with one attached hydrogen (secondary N) is 1. The van der Waals surface area contributed by atoms with Crippen LogP contribution < -0.4 is 10.1 Å². The van der Waals surface area contributed by atoms with Crippen molar-refractivity contribution in [2.24, 2.45) is 0 Å². The lowest BCUT2D eigenvalue weighted by atomic mass is 10.1. The lowest BCUT2D eigenvalue weighted by Gasteiger charge is -2.08. The standard InChI is InChI=1S/C22H15F3N2O2S/c1-29-17-10-11-18-19(12-17)30-21(27-18)14-4-8-16(9-5-14)26-20(28)13-2-6-15(7-3-13)22(23,24)25/h2-12H,1H3,(H,26,28). The van der Waals surface area contributed by atoms with Crippen molar-refractivity contribution in [3.05, 3.63) is 77.9 Å². The van der Waals surface area contributed by atoms with Crippen LogP contribution in [0.5, 0.6) is 5.75 Å². The molecular formula is C22H15F3N2O2S. The highest BCUT2D eigenvalue weighted by Crippen LogP contribution is 2.33. The van der Waals surface area contributed by atoms with Gasteiger partial charge in [-0.3, -0.25) is 4.79 Å². The van der Waals surface area contributed by atoms with Crippen molar-refractivity contribution in [2.45, 2.75) is 6.18 Å². The first-order chi connectivity index (χ1) is 14.3. The number of aromatic nitrogens is 1. The maximum Gasteiger partial charge on any atom is 0.416 e. The van der Waals surface area contributed by atoms with Crippen LogP contribution in [-0.4, -0.2) is 18.0 Å². The molecule has 1 heterocycles. The van der Waals surface area contributed by atoms with E-state index in [1.165, 1.54) is 11.3 Å². The molecule has 0 aliphatic heterocycles. The number of alkyl halides is 3. The summed E-state index contributed by atoms with van der Waals surface area (Å²) in [5.74, 6) is 0.280. The third kappa shape index (κ3) is 4.13. The van der Waals surface area contributed by atoms with Crippen molar-refractivity contribution < 1.29 is 22.7 Å². The minimum absolute atomic E-state index is 0.146. The van der Waals surface area contributed by atoms with E-state index in [-0.39, 0.29) is 5.56 Å². The van der Waals surface area contributed by atoms with Gasteiger partial charge in [-0.05, 0) is 66.7 Å². The lowest BCUT2D eigenvalue weighted by molar-refractivity contribution is -0.137. The first kappa shape index (κ1) is 19.9. The van der Waals surface area contributed by atoms with Crippen LogP contribution in [-0.2, 0) is 6.18 Å². The Labute approximate surface area is 174 Å². The first-order valence-corrected chi connectivity index (χ1v) is 9.69. The second-order valence-electron chi connectivity index (χ2n) is 6.46. The molecule has 1 N–H and O–H groups in total. The molecule has 0 atom stereocenters. The lowest BCUT2D eigenvalue weighted by Crippen LogP contribution is -2.12. The molecule has 0 fully saturated rings. The number of fused-ring (bicyclic) bond motifs is 1. The first-order valence-electron chi connectivity index (χ1n) is 8.87. The summed E-state index contributed by atoms with van der Waals surface area (Å²) in [6, 6.07) is 16.9. The largest absolute Gasteiger partial charge is 0.497 e. The van der Waals surface area contributed by atoms with Crippen LogP contribution in [0.4, 0.5) is 18.9 Å². The summed E-state index contributed by atoms with van der Waals surface area (Å²) < 4.78 is 44.2. The number of ether oxygens (including phenoxy) is 1. The van der Waals surface area contributed by atoms with Gasteiger partial charge in [-0.15, -0.1) is 11.3 Å². The van der Waals surface area contributed by atoms with Crippen molar-refractivity contribution in [1.82, 2.24) is 4.98 Å². The van der Waals surface area contributed by atoms with Gasteiger partial charge in [-0.25, -0.2) is 4.98 Å². The summed E-state index contributed by atoms with van der Waals surface area (Å²) in [6.07, 6.45) is -4.43. The fraction of sp³-hybridized carbons (Fsp3) is 0.0909. The van der Waals surface area contributed by atoms with E-state index < -0.39 is 17.6 Å². The summed E-state index contributed by atoms with van der Waals surface area (Å²) in [4.78, 5) is 16.9. The highest BCUT2D eigenvalue weighted by Gasteiger charge is 2.30. The van der Waals surface area contributed by atoms with E-state index in [9.17, 15) is 18.0 Å². The molecule has 4 nitrogen and oxygen atoms in total. The number of hydrogen-bond donors (Lipinski definition) is 1. The molecule has 0 unspecified atom stereocenters. The van der Waals surface area contributed by atoms with Gasteiger partial charge in [0.15, 0.2) is 0 Å². The van der Waals surface area contributed by atoms with Crippen LogP contribution in [0.2, 0.25) is 0 Å². The number of halogens is 3. The van der Waals surface area contributed by atoms with Crippen LogP contribution in [0, 0.1) is 0 Å². The molecule has 1 aromatic heterocycles. The van der Waals surface area contributed by atoms with Crippen molar-refractivity contribution in [3.8, 4) is 16.3 Å². The second-order valence-corrected chi connectivity index (χ2v) is 7.49. The average Bonchev–Trinajstić information content (AvgIpc) is 3.17. The Kier molecular flexibility index (Phi) is 5.17. The average molecular weight is 428 g/mol. The molecule has 8 heteroatoms. The number of hydrogen-bond acceptors (Lipinski definition) is 4. The third-order valence-electron chi connectivity index (χ3n) is 4.46. The molecule has 30 heavy (non-hydrogen) atoms. The van der Waals surface area contributed by atoms with E-state index >= 15 is 0 Å². The van der Waals surface area contributed by atoms with Gasteiger partial charge in [0.2, 0.25) is 0 Å². The molecule has 1 amide bonds. The minimum atomic E-state index is -4.43.